The third kappa shape index (κ3) is 6.49. The summed E-state index contributed by atoms with van der Waals surface area (Å²) in [7, 11) is 2.27. The molecule has 6 nitrogen and oxygen atoms in total. The number of amides is 1. The topological polar surface area (TPSA) is 51.2 Å². The molecule has 1 aliphatic carbocycles. The summed E-state index contributed by atoms with van der Waals surface area (Å²) >= 11 is 0. The Labute approximate surface area is 153 Å². The molecule has 0 aromatic heterocycles. The fraction of sp³-hybridized carbons (Fsp3) is 0.895. The molecule has 1 heterocycles. The maximum Gasteiger partial charge on any atom is 0.219 e. The molecule has 0 aromatic rings. The number of hydrogen-bond donors (Lipinski definition) is 1. The van der Waals surface area contributed by atoms with Crippen LogP contribution in [0.3, 0.4) is 0 Å². The van der Waals surface area contributed by atoms with Gasteiger partial charge in [-0.3, -0.25) is 9.79 Å². The van der Waals surface area contributed by atoms with Crippen LogP contribution < -0.4 is 5.32 Å². The van der Waals surface area contributed by atoms with Crippen LogP contribution in [0.25, 0.3) is 0 Å². The Morgan fingerprint density at radius 3 is 2.36 bits per heavy atom. The van der Waals surface area contributed by atoms with Crippen molar-refractivity contribution in [2.45, 2.75) is 58.4 Å². The van der Waals surface area contributed by atoms with Gasteiger partial charge < -0.3 is 20.0 Å². The second-order valence-corrected chi connectivity index (χ2v) is 7.35. The molecular weight excluding hydrogens is 314 g/mol. The predicted octanol–water partition coefficient (Wildman–Crippen LogP) is 1.77. The Balaban J connectivity index is 1.74. The minimum Gasteiger partial charge on any atom is -0.357 e. The molecule has 2 rings (SSSR count). The fourth-order valence-corrected chi connectivity index (χ4v) is 3.87. The molecule has 25 heavy (non-hydrogen) atoms. The van der Waals surface area contributed by atoms with Gasteiger partial charge in [-0.25, -0.2) is 0 Å². The molecule has 1 amide bonds. The molecule has 2 fully saturated rings. The van der Waals surface area contributed by atoms with Crippen molar-refractivity contribution in [3.63, 3.8) is 0 Å². The van der Waals surface area contributed by atoms with E-state index in [4.69, 9.17) is 4.99 Å². The number of nitrogens with zero attached hydrogens (tertiary/aromatic N) is 4. The van der Waals surface area contributed by atoms with Gasteiger partial charge in [-0.2, -0.15) is 0 Å². The number of carbonyl (C=O) groups is 1. The van der Waals surface area contributed by atoms with Crippen molar-refractivity contribution in [2.24, 2.45) is 4.99 Å². The average Bonchev–Trinajstić information content (AvgIpc) is 2.65. The molecule has 0 aromatic carbocycles. The first kappa shape index (κ1) is 20.0. The van der Waals surface area contributed by atoms with Crippen molar-refractivity contribution in [1.29, 1.82) is 0 Å². The SMILES string of the molecule is CCNC(=NCCCN(C)C1CCCCC1)N1CCN(C(C)=O)CC1. The van der Waals surface area contributed by atoms with Crippen LogP contribution in [-0.4, -0.2) is 85.5 Å². The van der Waals surface area contributed by atoms with Crippen molar-refractivity contribution in [3.05, 3.63) is 0 Å². The van der Waals surface area contributed by atoms with Crippen molar-refractivity contribution in [1.82, 2.24) is 20.0 Å². The monoisotopic (exact) mass is 351 g/mol. The molecule has 1 N–H and O–H groups in total. The van der Waals surface area contributed by atoms with Crippen LogP contribution in [0.15, 0.2) is 4.99 Å². The van der Waals surface area contributed by atoms with Crippen molar-refractivity contribution >= 4 is 11.9 Å². The van der Waals surface area contributed by atoms with E-state index in [1.807, 2.05) is 4.90 Å². The van der Waals surface area contributed by atoms with Gasteiger partial charge in [-0.1, -0.05) is 19.3 Å². The number of hydrogen-bond acceptors (Lipinski definition) is 3. The summed E-state index contributed by atoms with van der Waals surface area (Å²) in [5.74, 6) is 1.18. The van der Waals surface area contributed by atoms with Crippen LogP contribution in [0, 0.1) is 0 Å². The number of carbonyl (C=O) groups excluding carboxylic acids is 1. The third-order valence-corrected chi connectivity index (χ3v) is 5.49. The lowest BCUT2D eigenvalue weighted by Gasteiger charge is -2.36. The molecule has 0 radical (unpaired) electrons. The second-order valence-electron chi connectivity index (χ2n) is 7.35. The first-order valence-electron chi connectivity index (χ1n) is 10.1. The van der Waals surface area contributed by atoms with E-state index >= 15 is 0 Å². The van der Waals surface area contributed by atoms with Gasteiger partial charge in [0.25, 0.3) is 0 Å². The van der Waals surface area contributed by atoms with Crippen molar-refractivity contribution < 1.29 is 4.79 Å². The minimum absolute atomic E-state index is 0.173. The van der Waals surface area contributed by atoms with Crippen LogP contribution in [-0.2, 0) is 4.79 Å². The van der Waals surface area contributed by atoms with Crippen LogP contribution in [0.1, 0.15) is 52.4 Å². The van der Waals surface area contributed by atoms with Gasteiger partial charge in [0.05, 0.1) is 0 Å². The first-order chi connectivity index (χ1) is 12.1. The van der Waals surface area contributed by atoms with Gasteiger partial charge in [0.15, 0.2) is 5.96 Å². The van der Waals surface area contributed by atoms with E-state index in [1.54, 1.807) is 6.92 Å². The molecule has 1 saturated heterocycles. The van der Waals surface area contributed by atoms with Gasteiger partial charge in [0.1, 0.15) is 0 Å². The van der Waals surface area contributed by atoms with Crippen molar-refractivity contribution in [3.8, 4) is 0 Å². The number of rotatable bonds is 6. The van der Waals surface area contributed by atoms with E-state index in [0.29, 0.717) is 0 Å². The molecular formula is C19H37N5O. The molecule has 0 unspecified atom stereocenters. The van der Waals surface area contributed by atoms with Gasteiger partial charge in [-0.05, 0) is 39.8 Å². The van der Waals surface area contributed by atoms with Gasteiger partial charge in [0.2, 0.25) is 5.91 Å². The summed E-state index contributed by atoms with van der Waals surface area (Å²) in [5.41, 5.74) is 0. The molecule has 1 saturated carbocycles. The Hall–Kier alpha value is -1.30. The summed E-state index contributed by atoms with van der Waals surface area (Å²) in [6, 6.07) is 0.783. The van der Waals surface area contributed by atoms with Crippen LogP contribution >= 0.6 is 0 Å². The number of aliphatic imine (C=N–C) groups is 1. The summed E-state index contributed by atoms with van der Waals surface area (Å²) in [6.45, 7) is 9.97. The first-order valence-corrected chi connectivity index (χ1v) is 10.1. The highest BCUT2D eigenvalue weighted by atomic mass is 16.2. The third-order valence-electron chi connectivity index (χ3n) is 5.49. The summed E-state index contributed by atoms with van der Waals surface area (Å²) in [4.78, 5) is 23.0. The zero-order chi connectivity index (χ0) is 18.1. The zero-order valence-electron chi connectivity index (χ0n) is 16.5. The molecule has 6 heteroatoms. The zero-order valence-corrected chi connectivity index (χ0v) is 16.5. The molecule has 2 aliphatic rings. The standard InChI is InChI=1S/C19H37N5O/c1-4-20-19(24-15-13-23(14-16-24)17(2)25)21-11-8-12-22(3)18-9-6-5-7-10-18/h18H,4-16H2,1-3H3,(H,20,21). The van der Waals surface area contributed by atoms with Crippen molar-refractivity contribution in [2.75, 3.05) is 52.9 Å². The quantitative estimate of drug-likeness (QED) is 0.450. The Morgan fingerprint density at radius 1 is 1.12 bits per heavy atom. The normalized spacial score (nSPS) is 20.2. The van der Waals surface area contributed by atoms with E-state index in [-0.39, 0.29) is 5.91 Å². The highest BCUT2D eigenvalue weighted by Crippen LogP contribution is 2.21. The smallest absolute Gasteiger partial charge is 0.219 e. The molecule has 0 atom stereocenters. The molecule has 0 bridgehead atoms. The number of nitrogens with one attached hydrogen (secondary N) is 1. The summed E-state index contributed by atoms with van der Waals surface area (Å²) < 4.78 is 0. The van der Waals surface area contributed by atoms with Gasteiger partial charge in [-0.15, -0.1) is 0 Å². The Bertz CT molecular complexity index is 426. The van der Waals surface area contributed by atoms with E-state index < -0.39 is 0 Å². The van der Waals surface area contributed by atoms with Crippen LogP contribution in [0.2, 0.25) is 0 Å². The van der Waals surface area contributed by atoms with Crippen LogP contribution in [0.4, 0.5) is 0 Å². The summed E-state index contributed by atoms with van der Waals surface area (Å²) in [6.07, 6.45) is 8.03. The lowest BCUT2D eigenvalue weighted by Crippen LogP contribution is -2.53. The highest BCUT2D eigenvalue weighted by molar-refractivity contribution is 5.80. The Kier molecular flexibility index (Phi) is 8.52. The van der Waals surface area contributed by atoms with E-state index in [0.717, 1.165) is 64.2 Å². The lowest BCUT2D eigenvalue weighted by atomic mass is 9.94. The lowest BCUT2D eigenvalue weighted by molar-refractivity contribution is -0.130. The average molecular weight is 352 g/mol. The highest BCUT2D eigenvalue weighted by Gasteiger charge is 2.21. The maximum absolute atomic E-state index is 11.5. The largest absolute Gasteiger partial charge is 0.357 e. The second kappa shape index (κ2) is 10.6. The fourth-order valence-electron chi connectivity index (χ4n) is 3.87. The van der Waals surface area contributed by atoms with E-state index in [9.17, 15) is 4.79 Å². The molecule has 1 aliphatic heterocycles. The number of piperazine rings is 1. The maximum atomic E-state index is 11.5. The van der Waals surface area contributed by atoms with E-state index in [2.05, 4.69) is 29.1 Å². The van der Waals surface area contributed by atoms with Gasteiger partial charge >= 0.3 is 0 Å². The van der Waals surface area contributed by atoms with Crippen LogP contribution in [0.5, 0.6) is 0 Å². The minimum atomic E-state index is 0.173. The Morgan fingerprint density at radius 2 is 1.76 bits per heavy atom. The molecule has 144 valence electrons. The number of guanidine groups is 1. The summed E-state index contributed by atoms with van der Waals surface area (Å²) in [5, 5.41) is 3.41. The molecule has 0 spiro atoms. The van der Waals surface area contributed by atoms with E-state index in [1.165, 1.54) is 32.1 Å². The van der Waals surface area contributed by atoms with Gasteiger partial charge in [0, 0.05) is 52.2 Å². The predicted molar refractivity (Wildman–Crippen MR) is 104 cm³/mol.